The molecule has 1 aromatic heterocycles. The van der Waals surface area contributed by atoms with Crippen LogP contribution in [-0.2, 0) is 18.1 Å². The van der Waals surface area contributed by atoms with Gasteiger partial charge in [0.05, 0.1) is 0 Å². The van der Waals surface area contributed by atoms with Gasteiger partial charge in [-0.15, -0.1) is 0 Å². The van der Waals surface area contributed by atoms with Crippen molar-refractivity contribution in [1.29, 1.82) is 10.5 Å². The molecule has 2 aromatic rings. The monoisotopic (exact) mass is 374 g/mol. The molecule has 0 bridgehead atoms. The van der Waals surface area contributed by atoms with Crippen molar-refractivity contribution in [2.45, 2.75) is 6.61 Å². The second-order valence-electron chi connectivity index (χ2n) is 3.32. The molecule has 0 fully saturated rings. The van der Waals surface area contributed by atoms with E-state index in [1.54, 1.807) is 0 Å². The van der Waals surface area contributed by atoms with Gasteiger partial charge >= 0.3 is 111 Å². The van der Waals surface area contributed by atoms with E-state index in [4.69, 9.17) is 10.5 Å². The van der Waals surface area contributed by atoms with Crippen LogP contribution in [0.15, 0.2) is 24.3 Å². The van der Waals surface area contributed by atoms with Crippen molar-refractivity contribution in [1.82, 2.24) is 0 Å². The first-order chi connectivity index (χ1) is 8.57. The van der Waals surface area contributed by atoms with Crippen LogP contribution in [0.1, 0.15) is 10.0 Å². The van der Waals surface area contributed by atoms with Crippen molar-refractivity contribution in [3.8, 4) is 11.0 Å². The fourth-order valence-corrected chi connectivity index (χ4v) is 4.78. The first-order valence-corrected chi connectivity index (χ1v) is 9.45. The Hall–Kier alpha value is -1.46. The molecule has 0 aliphatic heterocycles. The summed E-state index contributed by atoms with van der Waals surface area (Å²) in [5.41, 5.74) is 0.469. The molecular formula is C11H6N2O3Se2. The van der Waals surface area contributed by atoms with Gasteiger partial charge in [0.1, 0.15) is 0 Å². The summed E-state index contributed by atoms with van der Waals surface area (Å²) >= 11 is -5.02. The Labute approximate surface area is 111 Å². The number of rotatable bonds is 3. The zero-order valence-corrected chi connectivity index (χ0v) is 12.4. The van der Waals surface area contributed by atoms with Crippen LogP contribution < -0.4 is 0 Å². The summed E-state index contributed by atoms with van der Waals surface area (Å²) < 4.78 is 28.3. The van der Waals surface area contributed by atoms with Gasteiger partial charge in [0.2, 0.25) is 0 Å². The third-order valence-corrected chi connectivity index (χ3v) is 6.01. The number of fused-ring (bicyclic) bond motifs is 1. The minimum absolute atomic E-state index is 0.121. The Morgan fingerprint density at radius 2 is 2.00 bits per heavy atom. The molecule has 0 spiro atoms. The van der Waals surface area contributed by atoms with Crippen molar-refractivity contribution in [3.05, 3.63) is 34.3 Å². The number of hydrogen-bond acceptors (Lipinski definition) is 5. The molecule has 0 atom stereocenters. The van der Waals surface area contributed by atoms with Crippen LogP contribution in [0, 0.1) is 21.6 Å². The van der Waals surface area contributed by atoms with Gasteiger partial charge in [0.15, 0.2) is 0 Å². The van der Waals surface area contributed by atoms with Crippen molar-refractivity contribution in [2.24, 2.45) is 0 Å². The Bertz CT molecular complexity index is 779. The second kappa shape index (κ2) is 5.04. The quantitative estimate of drug-likeness (QED) is 0.754. The third-order valence-electron chi connectivity index (χ3n) is 2.24. The van der Waals surface area contributed by atoms with E-state index in [0.717, 1.165) is 14.6 Å². The van der Waals surface area contributed by atoms with E-state index >= 15 is 0 Å². The first kappa shape index (κ1) is 13.0. The van der Waals surface area contributed by atoms with Crippen molar-refractivity contribution in [3.63, 3.8) is 0 Å². The minimum atomic E-state index is -4.89. The molecule has 0 unspecified atom stereocenters. The molecule has 7 heteroatoms. The number of nitriles is 2. The van der Waals surface area contributed by atoms with Crippen LogP contribution in [0.5, 0.6) is 0 Å². The number of nitrogens with zero attached hydrogens (tertiary/aromatic N) is 2. The van der Waals surface area contributed by atoms with Gasteiger partial charge in [-0.1, -0.05) is 0 Å². The van der Waals surface area contributed by atoms with Gasteiger partial charge in [0.25, 0.3) is 0 Å². The van der Waals surface area contributed by atoms with Gasteiger partial charge in [-0.3, -0.25) is 0 Å². The van der Waals surface area contributed by atoms with E-state index < -0.39 is 13.0 Å². The molecule has 1 aromatic carbocycles. The van der Waals surface area contributed by atoms with E-state index in [-0.39, 0.29) is 21.1 Å². The van der Waals surface area contributed by atoms with Crippen LogP contribution in [0.25, 0.3) is 9.65 Å². The summed E-state index contributed by atoms with van der Waals surface area (Å²) in [5.74, 6) is 0. The third kappa shape index (κ3) is 2.52. The molecule has 0 radical (unpaired) electrons. The SMILES string of the molecule is N#Cc1c(CO[Se](=O)(=O)C#N)[se]c2ccccc12. The molecule has 18 heavy (non-hydrogen) atoms. The zero-order valence-electron chi connectivity index (χ0n) is 8.95. The van der Waals surface area contributed by atoms with E-state index in [1.807, 2.05) is 24.3 Å². The molecule has 0 saturated carbocycles. The van der Waals surface area contributed by atoms with Crippen LogP contribution in [-0.4, -0.2) is 27.5 Å². The first-order valence-electron chi connectivity index (χ1n) is 4.78. The number of benzene rings is 1. The summed E-state index contributed by atoms with van der Waals surface area (Å²) in [5, 5.41) is 18.3. The predicted octanol–water partition coefficient (Wildman–Crippen LogP) is 1.15. The molecule has 0 amide bonds. The average Bonchev–Trinajstić information content (AvgIpc) is 2.74. The molecule has 0 N–H and O–H groups in total. The molecule has 5 nitrogen and oxygen atoms in total. The van der Waals surface area contributed by atoms with Gasteiger partial charge < -0.3 is 0 Å². The topological polar surface area (TPSA) is 90.9 Å². The van der Waals surface area contributed by atoms with Crippen LogP contribution in [0.4, 0.5) is 0 Å². The Morgan fingerprint density at radius 1 is 1.28 bits per heavy atom. The zero-order chi connectivity index (χ0) is 13.2. The molecule has 0 aliphatic rings. The summed E-state index contributed by atoms with van der Waals surface area (Å²) in [6.07, 6.45) is 0. The maximum atomic E-state index is 11.0. The van der Waals surface area contributed by atoms with Crippen molar-refractivity contribution >= 4 is 37.2 Å². The van der Waals surface area contributed by atoms with Gasteiger partial charge in [-0.05, 0) is 0 Å². The average molecular weight is 372 g/mol. The van der Waals surface area contributed by atoms with Crippen LogP contribution in [0.3, 0.4) is 0 Å². The van der Waals surface area contributed by atoms with Crippen LogP contribution >= 0.6 is 0 Å². The molecule has 0 aliphatic carbocycles. The summed E-state index contributed by atoms with van der Waals surface area (Å²) in [4.78, 5) is 1.14. The van der Waals surface area contributed by atoms with E-state index in [0.29, 0.717) is 10.0 Å². The summed E-state index contributed by atoms with van der Waals surface area (Å²) in [7, 11) is 0. The van der Waals surface area contributed by atoms with Gasteiger partial charge in [-0.2, -0.15) is 0 Å². The van der Waals surface area contributed by atoms with Crippen molar-refractivity contribution < 1.29 is 11.5 Å². The predicted molar refractivity (Wildman–Crippen MR) is 63.1 cm³/mol. The summed E-state index contributed by atoms with van der Waals surface area (Å²) in [6, 6.07) is 9.50. The van der Waals surface area contributed by atoms with Crippen molar-refractivity contribution in [2.75, 3.05) is 0 Å². The maximum absolute atomic E-state index is 11.0. The molecule has 2 rings (SSSR count). The Morgan fingerprint density at radius 3 is 2.67 bits per heavy atom. The Kier molecular flexibility index (Phi) is 3.63. The number of hydrogen-bond donors (Lipinski definition) is 0. The molecular weight excluding hydrogens is 366 g/mol. The summed E-state index contributed by atoms with van der Waals surface area (Å²) in [6.45, 7) is -0.196. The second-order valence-corrected chi connectivity index (χ2v) is 8.48. The molecule has 0 saturated heterocycles. The Balaban J connectivity index is 2.41. The fourth-order valence-electron chi connectivity index (χ4n) is 1.48. The fraction of sp³-hybridized carbons (Fsp3) is 0.0909. The van der Waals surface area contributed by atoms with Crippen LogP contribution in [0.2, 0.25) is 0 Å². The van der Waals surface area contributed by atoms with Gasteiger partial charge in [-0.25, -0.2) is 0 Å². The normalized spacial score (nSPS) is 11.0. The van der Waals surface area contributed by atoms with E-state index in [9.17, 15) is 7.67 Å². The molecule has 90 valence electrons. The van der Waals surface area contributed by atoms with Gasteiger partial charge in [0, 0.05) is 0 Å². The standard InChI is InChI=1S/C11H6N2O3Se2/c12-5-9-8-3-1-2-4-10(8)17-11(9)6-16-18(14,15)7-13/h1-4H,6H2. The molecule has 1 heterocycles. The van der Waals surface area contributed by atoms with E-state index in [2.05, 4.69) is 9.89 Å². The van der Waals surface area contributed by atoms with E-state index in [1.165, 1.54) is 0 Å².